The van der Waals surface area contributed by atoms with Gasteiger partial charge >= 0.3 is 5.97 Å². The topological polar surface area (TPSA) is 77.2 Å². The van der Waals surface area contributed by atoms with Crippen molar-refractivity contribution in [3.8, 4) is 0 Å². The summed E-state index contributed by atoms with van der Waals surface area (Å²) in [4.78, 5) is 10.6. The summed E-state index contributed by atoms with van der Waals surface area (Å²) in [6.07, 6.45) is 1.31. The second-order valence-electron chi connectivity index (χ2n) is 3.82. The van der Waals surface area contributed by atoms with E-state index in [0.29, 0.717) is 12.1 Å². The molecule has 0 spiro atoms. The summed E-state index contributed by atoms with van der Waals surface area (Å²) in [5, 5.41) is 15.8. The quantitative estimate of drug-likeness (QED) is 0.797. The van der Waals surface area contributed by atoms with Gasteiger partial charge in [0.05, 0.1) is 26.0 Å². The van der Waals surface area contributed by atoms with Crippen LogP contribution in [0.5, 0.6) is 0 Å². The second kappa shape index (κ2) is 6.05. The van der Waals surface area contributed by atoms with Crippen molar-refractivity contribution in [2.75, 3.05) is 6.61 Å². The highest BCUT2D eigenvalue weighted by Crippen LogP contribution is 2.07. The number of carbonyl (C=O) groups is 1. The number of aromatic carboxylic acids is 1. The van der Waals surface area contributed by atoms with Crippen LogP contribution in [-0.4, -0.2) is 32.7 Å². The summed E-state index contributed by atoms with van der Waals surface area (Å²) >= 11 is 0. The molecule has 0 saturated carbocycles. The first-order valence-corrected chi connectivity index (χ1v) is 5.61. The molecular weight excluding hydrogens is 253 g/mol. The molecule has 0 aliphatic carbocycles. The molecule has 0 bridgehead atoms. The summed E-state index contributed by atoms with van der Waals surface area (Å²) in [6, 6.07) is 6.36. The first kappa shape index (κ1) is 13.2. The second-order valence-corrected chi connectivity index (χ2v) is 3.82. The Morgan fingerprint density at radius 2 is 2.21 bits per heavy atom. The molecule has 2 rings (SSSR count). The Kier molecular flexibility index (Phi) is 4.19. The Labute approximate surface area is 108 Å². The molecule has 0 aliphatic heterocycles. The minimum Gasteiger partial charge on any atom is -0.476 e. The van der Waals surface area contributed by atoms with E-state index < -0.39 is 5.97 Å². The van der Waals surface area contributed by atoms with E-state index in [-0.39, 0.29) is 24.7 Å². The molecule has 6 nitrogen and oxygen atoms in total. The molecule has 2 aromatic rings. The highest BCUT2D eigenvalue weighted by Gasteiger charge is 2.07. The SMILES string of the molecule is O=C(O)c1cn(CCOCc2ccccc2F)nn1. The van der Waals surface area contributed by atoms with E-state index in [2.05, 4.69) is 10.3 Å². The average Bonchev–Trinajstić information content (AvgIpc) is 2.85. The number of carboxylic acid groups (broad SMARTS) is 1. The highest BCUT2D eigenvalue weighted by atomic mass is 19.1. The zero-order valence-electron chi connectivity index (χ0n) is 9.99. The summed E-state index contributed by atoms with van der Waals surface area (Å²) in [5.74, 6) is -1.44. The van der Waals surface area contributed by atoms with Gasteiger partial charge in [-0.3, -0.25) is 0 Å². The molecule has 0 unspecified atom stereocenters. The van der Waals surface area contributed by atoms with Gasteiger partial charge in [-0.05, 0) is 6.07 Å². The van der Waals surface area contributed by atoms with Crippen molar-refractivity contribution in [2.24, 2.45) is 0 Å². The lowest BCUT2D eigenvalue weighted by atomic mass is 10.2. The van der Waals surface area contributed by atoms with Gasteiger partial charge in [-0.15, -0.1) is 5.10 Å². The van der Waals surface area contributed by atoms with Crippen LogP contribution in [0.4, 0.5) is 4.39 Å². The third-order valence-electron chi connectivity index (χ3n) is 2.44. The monoisotopic (exact) mass is 265 g/mol. The molecule has 7 heteroatoms. The molecule has 0 saturated heterocycles. The number of benzene rings is 1. The maximum absolute atomic E-state index is 13.3. The number of hydrogen-bond acceptors (Lipinski definition) is 4. The van der Waals surface area contributed by atoms with Crippen LogP contribution in [0.2, 0.25) is 0 Å². The number of nitrogens with zero attached hydrogens (tertiary/aromatic N) is 3. The molecule has 0 fully saturated rings. The van der Waals surface area contributed by atoms with E-state index in [4.69, 9.17) is 9.84 Å². The van der Waals surface area contributed by atoms with Crippen molar-refractivity contribution in [2.45, 2.75) is 13.2 Å². The molecule has 100 valence electrons. The van der Waals surface area contributed by atoms with E-state index in [1.54, 1.807) is 18.2 Å². The molecule has 1 aromatic carbocycles. The largest absolute Gasteiger partial charge is 0.476 e. The van der Waals surface area contributed by atoms with Crippen LogP contribution in [0.3, 0.4) is 0 Å². The molecule has 0 radical (unpaired) electrons. The van der Waals surface area contributed by atoms with Crippen molar-refractivity contribution < 1.29 is 19.0 Å². The first-order chi connectivity index (χ1) is 9.16. The summed E-state index contributed by atoms with van der Waals surface area (Å²) < 4.78 is 19.9. The van der Waals surface area contributed by atoms with Crippen molar-refractivity contribution >= 4 is 5.97 Å². The summed E-state index contributed by atoms with van der Waals surface area (Å²) in [7, 11) is 0. The van der Waals surface area contributed by atoms with Crippen LogP contribution < -0.4 is 0 Å². The van der Waals surface area contributed by atoms with Gasteiger partial charge in [0.25, 0.3) is 0 Å². The third kappa shape index (κ3) is 3.59. The highest BCUT2D eigenvalue weighted by molar-refractivity contribution is 5.84. The van der Waals surface area contributed by atoms with Gasteiger partial charge in [0.15, 0.2) is 5.69 Å². The first-order valence-electron chi connectivity index (χ1n) is 5.61. The number of rotatable bonds is 6. The smallest absolute Gasteiger partial charge is 0.358 e. The fourth-order valence-corrected chi connectivity index (χ4v) is 1.46. The zero-order valence-corrected chi connectivity index (χ0v) is 9.99. The maximum Gasteiger partial charge on any atom is 0.358 e. The molecule has 1 aromatic heterocycles. The van der Waals surface area contributed by atoms with Crippen molar-refractivity contribution in [1.82, 2.24) is 15.0 Å². The van der Waals surface area contributed by atoms with Crippen LogP contribution in [0, 0.1) is 5.82 Å². The van der Waals surface area contributed by atoms with Gasteiger partial charge in [-0.25, -0.2) is 13.9 Å². The van der Waals surface area contributed by atoms with Crippen molar-refractivity contribution in [3.63, 3.8) is 0 Å². The Hall–Kier alpha value is -2.28. The van der Waals surface area contributed by atoms with E-state index in [1.165, 1.54) is 16.9 Å². The fraction of sp³-hybridized carbons (Fsp3) is 0.250. The van der Waals surface area contributed by atoms with E-state index in [9.17, 15) is 9.18 Å². The number of hydrogen-bond donors (Lipinski definition) is 1. The van der Waals surface area contributed by atoms with Gasteiger partial charge < -0.3 is 9.84 Å². The summed E-state index contributed by atoms with van der Waals surface area (Å²) in [6.45, 7) is 0.804. The van der Waals surface area contributed by atoms with E-state index in [0.717, 1.165) is 0 Å². The Morgan fingerprint density at radius 1 is 1.42 bits per heavy atom. The van der Waals surface area contributed by atoms with Crippen LogP contribution in [0.15, 0.2) is 30.5 Å². The molecular formula is C12H12FN3O3. The van der Waals surface area contributed by atoms with Crippen LogP contribution in [-0.2, 0) is 17.9 Å². The van der Waals surface area contributed by atoms with Gasteiger partial charge in [0.1, 0.15) is 5.82 Å². The number of ether oxygens (including phenoxy) is 1. The lowest BCUT2D eigenvalue weighted by Gasteiger charge is -2.05. The lowest BCUT2D eigenvalue weighted by Crippen LogP contribution is -2.07. The standard InChI is InChI=1S/C12H12FN3O3/c13-10-4-2-1-3-9(10)8-19-6-5-16-7-11(12(17)18)14-15-16/h1-4,7H,5-6,8H2,(H,17,18). The Balaban J connectivity index is 1.77. The van der Waals surface area contributed by atoms with Crippen LogP contribution in [0.1, 0.15) is 16.1 Å². The van der Waals surface area contributed by atoms with Gasteiger partial charge in [0.2, 0.25) is 0 Å². The van der Waals surface area contributed by atoms with Crippen LogP contribution in [0.25, 0.3) is 0 Å². The van der Waals surface area contributed by atoms with Crippen molar-refractivity contribution in [3.05, 3.63) is 47.5 Å². The lowest BCUT2D eigenvalue weighted by molar-refractivity contribution is 0.0690. The number of carboxylic acids is 1. The van der Waals surface area contributed by atoms with Crippen molar-refractivity contribution in [1.29, 1.82) is 0 Å². The molecule has 0 atom stereocenters. The Bertz CT molecular complexity index is 571. The number of aromatic nitrogens is 3. The molecule has 0 amide bonds. The van der Waals surface area contributed by atoms with Gasteiger partial charge in [0, 0.05) is 5.56 Å². The minimum absolute atomic E-state index is 0.117. The third-order valence-corrected chi connectivity index (χ3v) is 2.44. The predicted octanol–water partition coefficient (Wildman–Crippen LogP) is 1.33. The van der Waals surface area contributed by atoms with Gasteiger partial charge in [-0.2, -0.15) is 0 Å². The summed E-state index contributed by atoms with van der Waals surface area (Å²) in [5.41, 5.74) is 0.362. The fourth-order valence-electron chi connectivity index (χ4n) is 1.46. The van der Waals surface area contributed by atoms with Gasteiger partial charge in [-0.1, -0.05) is 23.4 Å². The van der Waals surface area contributed by atoms with Crippen LogP contribution >= 0.6 is 0 Å². The molecule has 1 N–H and O–H groups in total. The van der Waals surface area contributed by atoms with E-state index in [1.807, 2.05) is 0 Å². The molecule has 19 heavy (non-hydrogen) atoms. The zero-order chi connectivity index (χ0) is 13.7. The molecule has 0 aliphatic rings. The predicted molar refractivity (Wildman–Crippen MR) is 63.0 cm³/mol. The normalized spacial score (nSPS) is 10.6. The molecule has 1 heterocycles. The average molecular weight is 265 g/mol. The maximum atomic E-state index is 13.3. The minimum atomic E-state index is -1.13. The van der Waals surface area contributed by atoms with E-state index >= 15 is 0 Å². The number of halogens is 1. The Morgan fingerprint density at radius 3 is 2.89 bits per heavy atom.